The van der Waals surface area contributed by atoms with Crippen LogP contribution in [0.25, 0.3) is 0 Å². The van der Waals surface area contributed by atoms with Crippen LogP contribution in [0.5, 0.6) is 0 Å². The van der Waals surface area contributed by atoms with Gasteiger partial charge in [-0.15, -0.1) is 0 Å². The molecule has 1 aliphatic carbocycles. The lowest BCUT2D eigenvalue weighted by Crippen LogP contribution is -2.46. The molecule has 2 unspecified atom stereocenters. The molecule has 4 atom stereocenters. The molecule has 21 heavy (non-hydrogen) atoms. The van der Waals surface area contributed by atoms with Crippen LogP contribution in [0, 0.1) is 23.7 Å². The summed E-state index contributed by atoms with van der Waals surface area (Å²) in [4.78, 5) is 37.2. The van der Waals surface area contributed by atoms with Gasteiger partial charge >= 0.3 is 11.9 Å². The third-order valence-corrected chi connectivity index (χ3v) is 4.70. The number of methoxy groups -OCH3 is 1. The Bertz CT molecular complexity index is 436. The van der Waals surface area contributed by atoms with E-state index in [1.54, 1.807) is 4.90 Å². The van der Waals surface area contributed by atoms with Gasteiger partial charge in [-0.2, -0.15) is 0 Å². The van der Waals surface area contributed by atoms with Gasteiger partial charge in [0, 0.05) is 13.1 Å². The minimum atomic E-state index is -0.890. The van der Waals surface area contributed by atoms with Gasteiger partial charge in [0.25, 0.3) is 0 Å². The van der Waals surface area contributed by atoms with Gasteiger partial charge in [-0.3, -0.25) is 14.4 Å². The van der Waals surface area contributed by atoms with Gasteiger partial charge in [0.1, 0.15) is 0 Å². The Labute approximate surface area is 124 Å². The summed E-state index contributed by atoms with van der Waals surface area (Å²) in [6, 6.07) is 0. The molecule has 118 valence electrons. The highest BCUT2D eigenvalue weighted by Crippen LogP contribution is 2.38. The summed E-state index contributed by atoms with van der Waals surface area (Å²) in [6.07, 6.45) is 2.65. The lowest BCUT2D eigenvalue weighted by atomic mass is 9.92. The largest absolute Gasteiger partial charge is 0.481 e. The van der Waals surface area contributed by atoms with Crippen LogP contribution in [0.4, 0.5) is 0 Å². The van der Waals surface area contributed by atoms with Gasteiger partial charge in [-0.25, -0.2) is 0 Å². The molecule has 0 aromatic carbocycles. The van der Waals surface area contributed by atoms with E-state index >= 15 is 0 Å². The maximum Gasteiger partial charge on any atom is 0.310 e. The number of rotatable bonds is 3. The van der Waals surface area contributed by atoms with Crippen molar-refractivity contribution >= 4 is 17.8 Å². The van der Waals surface area contributed by atoms with Gasteiger partial charge in [0.05, 0.1) is 24.9 Å². The first-order chi connectivity index (χ1) is 9.93. The van der Waals surface area contributed by atoms with Crippen LogP contribution in [0.15, 0.2) is 0 Å². The lowest BCUT2D eigenvalue weighted by Gasteiger charge is -2.33. The molecule has 0 radical (unpaired) electrons. The number of esters is 1. The third kappa shape index (κ3) is 3.36. The standard InChI is InChI=1S/C15H23NO5/c1-9-6-11(12(7-9)14(18)19)13(17)16-5-3-4-10(8-16)15(20)21-2/h9-12H,3-8H2,1-2H3,(H,18,19)/t9?,10?,11-,12+/m0/s1. The molecule has 6 nitrogen and oxygen atoms in total. The molecule has 0 spiro atoms. The van der Waals surface area contributed by atoms with E-state index in [2.05, 4.69) is 0 Å². The second-order valence-corrected chi connectivity index (χ2v) is 6.27. The highest BCUT2D eigenvalue weighted by Gasteiger charge is 2.43. The number of nitrogens with zero attached hydrogens (tertiary/aromatic N) is 1. The van der Waals surface area contributed by atoms with E-state index < -0.39 is 17.8 Å². The maximum atomic E-state index is 12.6. The van der Waals surface area contributed by atoms with Crippen molar-refractivity contribution in [2.45, 2.75) is 32.6 Å². The Morgan fingerprint density at radius 1 is 1.19 bits per heavy atom. The van der Waals surface area contributed by atoms with Crippen LogP contribution in [-0.2, 0) is 19.1 Å². The van der Waals surface area contributed by atoms with Crippen LogP contribution < -0.4 is 0 Å². The zero-order chi connectivity index (χ0) is 15.6. The highest BCUT2D eigenvalue weighted by molar-refractivity contribution is 5.86. The summed E-state index contributed by atoms with van der Waals surface area (Å²) < 4.78 is 4.75. The summed E-state index contributed by atoms with van der Waals surface area (Å²) in [5.41, 5.74) is 0. The number of likely N-dealkylation sites (tertiary alicyclic amines) is 1. The van der Waals surface area contributed by atoms with Gasteiger partial charge in [0.2, 0.25) is 5.91 Å². The van der Waals surface area contributed by atoms with Crippen LogP contribution in [0.1, 0.15) is 32.6 Å². The molecule has 2 rings (SSSR count). The van der Waals surface area contributed by atoms with Crippen molar-refractivity contribution in [1.82, 2.24) is 4.90 Å². The average molecular weight is 297 g/mol. The molecule has 1 saturated heterocycles. The number of hydrogen-bond donors (Lipinski definition) is 1. The second-order valence-electron chi connectivity index (χ2n) is 6.27. The number of carboxylic acid groups (broad SMARTS) is 1. The quantitative estimate of drug-likeness (QED) is 0.790. The van der Waals surface area contributed by atoms with Gasteiger partial charge in [-0.1, -0.05) is 6.92 Å². The fourth-order valence-corrected chi connectivity index (χ4v) is 3.61. The first-order valence-corrected chi connectivity index (χ1v) is 7.53. The molecule has 1 N–H and O–H groups in total. The topological polar surface area (TPSA) is 83.9 Å². The number of amides is 1. The fourth-order valence-electron chi connectivity index (χ4n) is 3.61. The second kappa shape index (κ2) is 6.45. The van der Waals surface area contributed by atoms with Crippen LogP contribution in [-0.4, -0.2) is 48.1 Å². The van der Waals surface area contributed by atoms with Crippen LogP contribution in [0.3, 0.4) is 0 Å². The van der Waals surface area contributed by atoms with Crippen molar-refractivity contribution in [1.29, 1.82) is 0 Å². The smallest absolute Gasteiger partial charge is 0.310 e. The summed E-state index contributed by atoms with van der Waals surface area (Å²) >= 11 is 0. The van der Waals surface area contributed by atoms with Crippen molar-refractivity contribution in [3.05, 3.63) is 0 Å². The third-order valence-electron chi connectivity index (χ3n) is 4.70. The van der Waals surface area contributed by atoms with Gasteiger partial charge in [-0.05, 0) is 31.6 Å². The number of aliphatic carboxylic acids is 1. The highest BCUT2D eigenvalue weighted by atomic mass is 16.5. The fraction of sp³-hybridized carbons (Fsp3) is 0.800. The monoisotopic (exact) mass is 297 g/mol. The summed E-state index contributed by atoms with van der Waals surface area (Å²) in [6.45, 7) is 2.93. The SMILES string of the molecule is COC(=O)C1CCCN(C(=O)[C@H]2CC(C)C[C@H]2C(=O)O)C1. The Morgan fingerprint density at radius 2 is 1.86 bits per heavy atom. The number of piperidine rings is 1. The molecule has 1 aliphatic heterocycles. The minimum absolute atomic E-state index is 0.111. The number of carbonyl (C=O) groups excluding carboxylic acids is 2. The predicted molar refractivity (Wildman–Crippen MR) is 74.3 cm³/mol. The van der Waals surface area contributed by atoms with Crippen LogP contribution in [0.2, 0.25) is 0 Å². The van der Waals surface area contributed by atoms with E-state index in [0.717, 1.165) is 12.8 Å². The first-order valence-electron chi connectivity index (χ1n) is 7.53. The summed E-state index contributed by atoms with van der Waals surface area (Å²) in [5.74, 6) is -2.36. The van der Waals surface area contributed by atoms with Crippen molar-refractivity contribution in [2.24, 2.45) is 23.7 Å². The Hall–Kier alpha value is -1.59. The number of carbonyl (C=O) groups is 3. The van der Waals surface area contributed by atoms with Crippen LogP contribution >= 0.6 is 0 Å². The minimum Gasteiger partial charge on any atom is -0.481 e. The number of ether oxygens (including phenoxy) is 1. The van der Waals surface area contributed by atoms with Crippen molar-refractivity contribution in [3.8, 4) is 0 Å². The van der Waals surface area contributed by atoms with Crippen molar-refractivity contribution in [2.75, 3.05) is 20.2 Å². The zero-order valence-corrected chi connectivity index (χ0v) is 12.6. The van der Waals surface area contributed by atoms with Crippen molar-refractivity contribution in [3.63, 3.8) is 0 Å². The Kier molecular flexibility index (Phi) is 4.85. The molecule has 1 heterocycles. The lowest BCUT2D eigenvalue weighted by molar-refractivity contribution is -0.153. The average Bonchev–Trinajstić information content (AvgIpc) is 2.88. The van der Waals surface area contributed by atoms with Gasteiger partial charge in [0.15, 0.2) is 0 Å². The molecule has 1 saturated carbocycles. The maximum absolute atomic E-state index is 12.6. The summed E-state index contributed by atoms with van der Waals surface area (Å²) in [7, 11) is 1.35. The van der Waals surface area contributed by atoms with E-state index in [1.165, 1.54) is 7.11 Å². The molecule has 0 bridgehead atoms. The van der Waals surface area contributed by atoms with Crippen molar-refractivity contribution < 1.29 is 24.2 Å². The molecule has 6 heteroatoms. The molecular weight excluding hydrogens is 274 g/mol. The first kappa shape index (κ1) is 15.8. The van der Waals surface area contributed by atoms with E-state index in [0.29, 0.717) is 25.9 Å². The zero-order valence-electron chi connectivity index (χ0n) is 12.6. The Morgan fingerprint density at radius 3 is 2.48 bits per heavy atom. The summed E-state index contributed by atoms with van der Waals surface area (Å²) in [5, 5.41) is 9.28. The molecule has 2 fully saturated rings. The van der Waals surface area contributed by atoms with Gasteiger partial charge < -0.3 is 14.7 Å². The molecular formula is C15H23NO5. The molecule has 1 amide bonds. The van der Waals surface area contributed by atoms with E-state index in [4.69, 9.17) is 4.74 Å². The molecule has 0 aromatic rings. The molecule has 2 aliphatic rings. The number of carboxylic acids is 1. The van der Waals surface area contributed by atoms with E-state index in [-0.39, 0.29) is 23.7 Å². The predicted octanol–water partition coefficient (Wildman–Crippen LogP) is 1.14. The Balaban J connectivity index is 2.05. The van der Waals surface area contributed by atoms with E-state index in [9.17, 15) is 19.5 Å². The van der Waals surface area contributed by atoms with E-state index in [1.807, 2.05) is 6.92 Å². The normalized spacial score (nSPS) is 32.8. The number of hydrogen-bond acceptors (Lipinski definition) is 4. The molecule has 0 aromatic heterocycles.